The van der Waals surface area contributed by atoms with Crippen molar-refractivity contribution in [2.45, 2.75) is 35.8 Å². The second-order valence-corrected chi connectivity index (χ2v) is 10.2. The quantitative estimate of drug-likeness (QED) is 0.440. The molecule has 2 aromatic rings. The highest BCUT2D eigenvalue weighted by Gasteiger charge is 2.31. The van der Waals surface area contributed by atoms with Gasteiger partial charge in [0.25, 0.3) is 11.6 Å². The topological polar surface area (TPSA) is 76.3 Å². The van der Waals surface area contributed by atoms with Crippen LogP contribution in [0.25, 0.3) is 0 Å². The van der Waals surface area contributed by atoms with Crippen LogP contribution < -0.4 is 0 Å². The summed E-state index contributed by atoms with van der Waals surface area (Å²) in [5.74, 6) is -0.169. The number of hydrogen-bond donors (Lipinski definition) is 0. The minimum absolute atomic E-state index is 0.116. The van der Waals surface area contributed by atoms with Crippen molar-refractivity contribution in [3.63, 3.8) is 0 Å². The summed E-state index contributed by atoms with van der Waals surface area (Å²) in [5.41, 5.74) is 0.100. The average molecular weight is 446 g/mol. The van der Waals surface area contributed by atoms with Gasteiger partial charge in [0.15, 0.2) is 0 Å². The summed E-state index contributed by atoms with van der Waals surface area (Å²) in [4.78, 5) is 30.3. The van der Waals surface area contributed by atoms with Crippen LogP contribution >= 0.6 is 46.3 Å². The molecule has 0 atom stereocenters. The van der Waals surface area contributed by atoms with Crippen molar-refractivity contribution < 1.29 is 9.72 Å². The van der Waals surface area contributed by atoms with Gasteiger partial charge in [0.05, 0.1) is 19.9 Å². The van der Waals surface area contributed by atoms with Crippen molar-refractivity contribution in [2.75, 3.05) is 13.1 Å². The Bertz CT molecular complexity index is 871. The number of rotatable bonds is 4. The first-order valence-electron chi connectivity index (χ1n) is 8.22. The number of piperidine rings is 1. The molecule has 0 radical (unpaired) electrons. The normalized spacial score (nSPS) is 16.4. The third kappa shape index (κ3) is 4.56. The standard InChI is InChI=1S/C17H17Cl2N3O3S2/c1-17(2)3-5-21(6-4-17)15(23)13-7-12(22(24)25)16(26-13)27-14-10(18)8-20-9-11(14)19/h7-9H,3-6H2,1-2H3. The Hall–Kier alpha value is -1.35. The van der Waals surface area contributed by atoms with Crippen molar-refractivity contribution in [2.24, 2.45) is 5.41 Å². The molecule has 1 aliphatic heterocycles. The molecule has 3 rings (SSSR count). The van der Waals surface area contributed by atoms with E-state index in [2.05, 4.69) is 18.8 Å². The maximum atomic E-state index is 12.8. The van der Waals surface area contributed by atoms with Gasteiger partial charge in [-0.25, -0.2) is 0 Å². The van der Waals surface area contributed by atoms with Crippen molar-refractivity contribution >= 4 is 57.9 Å². The van der Waals surface area contributed by atoms with Gasteiger partial charge in [0.2, 0.25) is 0 Å². The predicted molar refractivity (Wildman–Crippen MR) is 108 cm³/mol. The number of likely N-dealkylation sites (tertiary alicyclic amines) is 1. The molecule has 1 fully saturated rings. The fourth-order valence-corrected chi connectivity index (χ4v) is 5.56. The van der Waals surface area contributed by atoms with Crippen LogP contribution in [-0.2, 0) is 0 Å². The van der Waals surface area contributed by atoms with Gasteiger partial charge < -0.3 is 4.90 Å². The molecule has 0 unspecified atom stereocenters. The van der Waals surface area contributed by atoms with E-state index >= 15 is 0 Å². The second kappa shape index (κ2) is 7.95. The summed E-state index contributed by atoms with van der Waals surface area (Å²) in [6, 6.07) is 1.35. The number of hydrogen-bond acceptors (Lipinski definition) is 6. The van der Waals surface area contributed by atoms with Gasteiger partial charge >= 0.3 is 0 Å². The molecule has 0 spiro atoms. The summed E-state index contributed by atoms with van der Waals surface area (Å²) >= 11 is 14.4. The van der Waals surface area contributed by atoms with Crippen LogP contribution in [-0.4, -0.2) is 33.8 Å². The largest absolute Gasteiger partial charge is 0.338 e. The van der Waals surface area contributed by atoms with Crippen molar-refractivity contribution in [1.29, 1.82) is 0 Å². The lowest BCUT2D eigenvalue weighted by atomic mass is 9.82. The highest BCUT2D eigenvalue weighted by molar-refractivity contribution is 8.01. The number of thiophene rings is 1. The fourth-order valence-electron chi connectivity index (χ4n) is 2.73. The molecular weight excluding hydrogens is 429 g/mol. The zero-order valence-electron chi connectivity index (χ0n) is 14.7. The van der Waals surface area contributed by atoms with E-state index in [4.69, 9.17) is 23.2 Å². The molecule has 1 saturated heterocycles. The lowest BCUT2D eigenvalue weighted by Gasteiger charge is -2.36. The number of nitrogens with zero attached hydrogens (tertiary/aromatic N) is 3. The van der Waals surface area contributed by atoms with Gasteiger partial charge in [-0.05, 0) is 18.3 Å². The average Bonchev–Trinajstić information content (AvgIpc) is 3.02. The molecule has 10 heteroatoms. The van der Waals surface area contributed by atoms with Crippen LogP contribution in [0.2, 0.25) is 10.0 Å². The third-order valence-corrected chi connectivity index (χ3v) is 7.74. The number of carbonyl (C=O) groups is 1. The zero-order chi connectivity index (χ0) is 19.8. The number of halogens is 2. The highest BCUT2D eigenvalue weighted by atomic mass is 35.5. The number of aromatic nitrogens is 1. The Balaban J connectivity index is 1.87. The van der Waals surface area contributed by atoms with Crippen molar-refractivity contribution in [1.82, 2.24) is 9.88 Å². The number of pyridine rings is 1. The molecule has 0 bridgehead atoms. The SMILES string of the molecule is CC1(C)CCN(C(=O)c2cc([N+](=O)[O-])c(Sc3c(Cl)cncc3Cl)s2)CC1. The van der Waals surface area contributed by atoms with Crippen LogP contribution in [0.15, 0.2) is 27.6 Å². The highest BCUT2D eigenvalue weighted by Crippen LogP contribution is 2.46. The zero-order valence-corrected chi connectivity index (χ0v) is 17.8. The molecule has 6 nitrogen and oxygen atoms in total. The maximum Gasteiger partial charge on any atom is 0.294 e. The summed E-state index contributed by atoms with van der Waals surface area (Å²) in [6.45, 7) is 5.67. The van der Waals surface area contributed by atoms with Crippen LogP contribution in [0.5, 0.6) is 0 Å². The van der Waals surface area contributed by atoms with E-state index in [0.717, 1.165) is 35.9 Å². The molecule has 0 N–H and O–H groups in total. The van der Waals surface area contributed by atoms with E-state index in [1.165, 1.54) is 18.5 Å². The molecule has 2 aromatic heterocycles. The monoisotopic (exact) mass is 445 g/mol. The van der Waals surface area contributed by atoms with Crippen molar-refractivity contribution in [3.05, 3.63) is 43.5 Å². The van der Waals surface area contributed by atoms with Gasteiger partial charge in [0.1, 0.15) is 9.09 Å². The molecule has 0 aromatic carbocycles. The van der Waals surface area contributed by atoms with E-state index in [-0.39, 0.29) is 17.0 Å². The minimum Gasteiger partial charge on any atom is -0.338 e. The lowest BCUT2D eigenvalue weighted by molar-refractivity contribution is -0.387. The lowest BCUT2D eigenvalue weighted by Crippen LogP contribution is -2.40. The van der Waals surface area contributed by atoms with Crippen LogP contribution in [0, 0.1) is 15.5 Å². The second-order valence-electron chi connectivity index (χ2n) is 7.03. The van der Waals surface area contributed by atoms with E-state index < -0.39 is 4.92 Å². The number of amides is 1. The van der Waals surface area contributed by atoms with Gasteiger partial charge in [-0.1, -0.05) is 48.8 Å². The summed E-state index contributed by atoms with van der Waals surface area (Å²) in [6.07, 6.45) is 4.68. The molecule has 0 saturated carbocycles. The van der Waals surface area contributed by atoms with Gasteiger partial charge in [-0.2, -0.15) is 0 Å². The maximum absolute atomic E-state index is 12.8. The van der Waals surface area contributed by atoms with Gasteiger partial charge in [-0.3, -0.25) is 19.9 Å². The Morgan fingerprint density at radius 2 is 1.89 bits per heavy atom. The number of carbonyl (C=O) groups excluding carboxylic acids is 1. The fraction of sp³-hybridized carbons (Fsp3) is 0.412. The van der Waals surface area contributed by atoms with Gasteiger partial charge in [0, 0.05) is 31.5 Å². The third-order valence-electron chi connectivity index (χ3n) is 4.50. The first-order chi connectivity index (χ1) is 12.7. The van der Waals surface area contributed by atoms with Crippen LogP contribution in [0.3, 0.4) is 0 Å². The molecular formula is C17H17Cl2N3O3S2. The van der Waals surface area contributed by atoms with E-state index in [1.807, 2.05) is 0 Å². The summed E-state index contributed by atoms with van der Waals surface area (Å²) in [5, 5.41) is 12.1. The van der Waals surface area contributed by atoms with Crippen LogP contribution in [0.1, 0.15) is 36.4 Å². The smallest absolute Gasteiger partial charge is 0.294 e. The van der Waals surface area contributed by atoms with E-state index in [0.29, 0.717) is 37.1 Å². The Kier molecular flexibility index (Phi) is 6.00. The Morgan fingerprint density at radius 3 is 2.44 bits per heavy atom. The summed E-state index contributed by atoms with van der Waals surface area (Å²) in [7, 11) is 0. The molecule has 27 heavy (non-hydrogen) atoms. The Labute approximate surface area is 175 Å². The molecule has 144 valence electrons. The van der Waals surface area contributed by atoms with Crippen molar-refractivity contribution in [3.8, 4) is 0 Å². The summed E-state index contributed by atoms with van der Waals surface area (Å²) < 4.78 is 0.371. The van der Waals surface area contributed by atoms with Gasteiger partial charge in [-0.15, -0.1) is 11.3 Å². The minimum atomic E-state index is -0.488. The first-order valence-corrected chi connectivity index (χ1v) is 10.6. The predicted octanol–water partition coefficient (Wildman–Crippen LogP) is 5.77. The molecule has 1 aliphatic rings. The molecule has 1 amide bonds. The van der Waals surface area contributed by atoms with E-state index in [1.54, 1.807) is 4.90 Å². The molecule has 0 aliphatic carbocycles. The molecule has 3 heterocycles. The number of nitro groups is 1. The first kappa shape index (κ1) is 20.4. The van der Waals surface area contributed by atoms with Crippen LogP contribution in [0.4, 0.5) is 5.69 Å². The van der Waals surface area contributed by atoms with E-state index in [9.17, 15) is 14.9 Å². The Morgan fingerprint density at radius 1 is 1.30 bits per heavy atom.